The maximum atomic E-state index is 13.5. The van der Waals surface area contributed by atoms with E-state index in [2.05, 4.69) is 20.0 Å². The number of methoxy groups -OCH3 is 1. The van der Waals surface area contributed by atoms with Crippen molar-refractivity contribution >= 4 is 22.6 Å². The van der Waals surface area contributed by atoms with E-state index < -0.39 is 0 Å². The summed E-state index contributed by atoms with van der Waals surface area (Å²) in [7, 11) is 1.63. The van der Waals surface area contributed by atoms with Crippen molar-refractivity contribution in [3.05, 3.63) is 70.3 Å². The number of hydrogen-bond donors (Lipinski definition) is 0. The van der Waals surface area contributed by atoms with E-state index in [9.17, 15) is 9.59 Å². The van der Waals surface area contributed by atoms with E-state index in [1.54, 1.807) is 11.7 Å². The first kappa shape index (κ1) is 25.5. The Balaban J connectivity index is 1.22. The van der Waals surface area contributed by atoms with Crippen LogP contribution in [0, 0.1) is 0 Å². The number of carbonyl (C=O) groups is 1. The number of benzene rings is 2. The van der Waals surface area contributed by atoms with Gasteiger partial charge in [0.25, 0.3) is 5.56 Å². The van der Waals surface area contributed by atoms with E-state index in [1.807, 2.05) is 57.8 Å². The normalized spacial score (nSPS) is 17.2. The van der Waals surface area contributed by atoms with Crippen LogP contribution >= 0.6 is 0 Å². The first-order chi connectivity index (χ1) is 19.1. The molecular weight excluding hydrogens is 498 g/mol. The fraction of sp³-hybridized carbons (Fsp3) is 0.429. The molecule has 2 aliphatic rings. The van der Waals surface area contributed by atoms with Crippen LogP contribution in [0.25, 0.3) is 16.7 Å². The molecule has 11 heteroatoms. The van der Waals surface area contributed by atoms with Gasteiger partial charge in [-0.2, -0.15) is 0 Å². The second-order valence-electron chi connectivity index (χ2n) is 10.1. The van der Waals surface area contributed by atoms with Gasteiger partial charge in [0, 0.05) is 39.3 Å². The van der Waals surface area contributed by atoms with Crippen LogP contribution in [0.15, 0.2) is 53.3 Å². The lowest BCUT2D eigenvalue weighted by molar-refractivity contribution is -0.135. The van der Waals surface area contributed by atoms with Gasteiger partial charge in [-0.25, -0.2) is 0 Å². The molecule has 2 aromatic heterocycles. The van der Waals surface area contributed by atoms with Crippen LogP contribution in [0.5, 0.6) is 5.75 Å². The Kier molecular flexibility index (Phi) is 7.27. The molecule has 0 radical (unpaired) electrons. The summed E-state index contributed by atoms with van der Waals surface area (Å²) < 4.78 is 14.3. The first-order valence-corrected chi connectivity index (χ1v) is 13.4. The number of para-hydroxylation sites is 1. The van der Waals surface area contributed by atoms with Gasteiger partial charge in [0.05, 0.1) is 50.9 Å². The largest absolute Gasteiger partial charge is 0.497 e. The van der Waals surface area contributed by atoms with Crippen molar-refractivity contribution in [1.82, 2.24) is 33.9 Å². The predicted molar refractivity (Wildman–Crippen MR) is 146 cm³/mol. The van der Waals surface area contributed by atoms with Crippen molar-refractivity contribution in [3.63, 3.8) is 0 Å². The number of rotatable bonds is 7. The summed E-state index contributed by atoms with van der Waals surface area (Å²) in [6.07, 6.45) is 0. The summed E-state index contributed by atoms with van der Waals surface area (Å²) in [5, 5.41) is 9.64. The molecule has 2 aromatic carbocycles. The van der Waals surface area contributed by atoms with Gasteiger partial charge in [0.1, 0.15) is 5.75 Å². The topological polar surface area (TPSA) is 97.4 Å². The predicted octanol–water partition coefficient (Wildman–Crippen LogP) is 1.08. The van der Waals surface area contributed by atoms with E-state index in [0.29, 0.717) is 57.1 Å². The Morgan fingerprint density at radius 1 is 0.897 bits per heavy atom. The third-order valence-electron chi connectivity index (χ3n) is 7.63. The Labute approximate surface area is 226 Å². The zero-order valence-electron chi connectivity index (χ0n) is 22.2. The Morgan fingerprint density at radius 2 is 1.64 bits per heavy atom. The molecule has 0 atom stereocenters. The van der Waals surface area contributed by atoms with Crippen LogP contribution in [0.2, 0.25) is 0 Å². The molecule has 6 rings (SSSR count). The molecule has 2 saturated heterocycles. The SMILES string of the molecule is COc1ccc(Cn2c(=O)c3ccccc3n3c(CN4CCN(C(=O)CN5CCOCC5)CC4)nnc23)cc1. The number of aromatic nitrogens is 4. The summed E-state index contributed by atoms with van der Waals surface area (Å²) in [5.74, 6) is 2.24. The number of morpholine rings is 1. The summed E-state index contributed by atoms with van der Waals surface area (Å²) in [6, 6.07) is 15.3. The molecule has 0 unspecified atom stereocenters. The average molecular weight is 532 g/mol. The standard InChI is InChI=1S/C28H33N7O4/c1-38-22-8-6-21(7-9-22)18-34-27(37)23-4-2-3-5-24(23)35-25(29-30-28(34)35)19-31-10-12-33(13-11-31)26(36)20-32-14-16-39-17-15-32/h2-9H,10-20H2,1H3. The van der Waals surface area contributed by atoms with Crippen LogP contribution in [0.1, 0.15) is 11.4 Å². The Morgan fingerprint density at radius 3 is 2.38 bits per heavy atom. The molecule has 11 nitrogen and oxygen atoms in total. The maximum absolute atomic E-state index is 13.5. The zero-order valence-corrected chi connectivity index (χ0v) is 22.2. The summed E-state index contributed by atoms with van der Waals surface area (Å²) in [4.78, 5) is 32.7. The summed E-state index contributed by atoms with van der Waals surface area (Å²) >= 11 is 0. The molecule has 4 heterocycles. The lowest BCUT2D eigenvalue weighted by Gasteiger charge is -2.36. The number of fused-ring (bicyclic) bond motifs is 3. The van der Waals surface area contributed by atoms with Crippen molar-refractivity contribution in [3.8, 4) is 5.75 Å². The zero-order chi connectivity index (χ0) is 26.8. The van der Waals surface area contributed by atoms with Gasteiger partial charge in [-0.1, -0.05) is 24.3 Å². The molecule has 0 aliphatic carbocycles. The van der Waals surface area contributed by atoms with E-state index >= 15 is 0 Å². The van der Waals surface area contributed by atoms with Gasteiger partial charge in [-0.15, -0.1) is 10.2 Å². The van der Waals surface area contributed by atoms with E-state index in [4.69, 9.17) is 9.47 Å². The second-order valence-corrected chi connectivity index (χ2v) is 10.1. The highest BCUT2D eigenvalue weighted by molar-refractivity contribution is 5.80. The third kappa shape index (κ3) is 5.25. The number of hydrogen-bond acceptors (Lipinski definition) is 8. The van der Waals surface area contributed by atoms with Crippen molar-refractivity contribution in [1.29, 1.82) is 0 Å². The highest BCUT2D eigenvalue weighted by Crippen LogP contribution is 2.18. The second kappa shape index (κ2) is 11.1. The monoisotopic (exact) mass is 531 g/mol. The highest BCUT2D eigenvalue weighted by Gasteiger charge is 2.25. The Hall–Kier alpha value is -3.80. The van der Waals surface area contributed by atoms with Gasteiger partial charge < -0.3 is 14.4 Å². The molecule has 1 amide bonds. The molecule has 0 bridgehead atoms. The van der Waals surface area contributed by atoms with E-state index in [0.717, 1.165) is 48.8 Å². The molecule has 39 heavy (non-hydrogen) atoms. The average Bonchev–Trinajstić information content (AvgIpc) is 3.40. The molecule has 2 aliphatic heterocycles. The minimum absolute atomic E-state index is 0.0970. The van der Waals surface area contributed by atoms with Gasteiger partial charge in [0.15, 0.2) is 5.82 Å². The summed E-state index contributed by atoms with van der Waals surface area (Å²) in [5.41, 5.74) is 1.67. The van der Waals surface area contributed by atoms with Crippen LogP contribution in [0.3, 0.4) is 0 Å². The fourth-order valence-electron chi connectivity index (χ4n) is 5.38. The van der Waals surface area contributed by atoms with Crippen LogP contribution in [-0.2, 0) is 22.6 Å². The molecule has 0 saturated carbocycles. The van der Waals surface area contributed by atoms with Crippen LogP contribution in [-0.4, -0.2) is 106 Å². The quantitative estimate of drug-likeness (QED) is 0.350. The number of ether oxygens (including phenoxy) is 2. The summed E-state index contributed by atoms with van der Waals surface area (Å²) in [6.45, 7) is 7.29. The minimum atomic E-state index is -0.0970. The van der Waals surface area contributed by atoms with Crippen LogP contribution < -0.4 is 10.3 Å². The van der Waals surface area contributed by atoms with Gasteiger partial charge in [-0.3, -0.25) is 28.4 Å². The smallest absolute Gasteiger partial charge is 0.263 e. The first-order valence-electron chi connectivity index (χ1n) is 13.4. The molecule has 204 valence electrons. The number of carbonyl (C=O) groups excluding carboxylic acids is 1. The van der Waals surface area contributed by atoms with Gasteiger partial charge >= 0.3 is 0 Å². The fourth-order valence-corrected chi connectivity index (χ4v) is 5.38. The van der Waals surface area contributed by atoms with Crippen LogP contribution in [0.4, 0.5) is 0 Å². The number of amides is 1. The van der Waals surface area contributed by atoms with Crippen molar-refractivity contribution < 1.29 is 14.3 Å². The van der Waals surface area contributed by atoms with E-state index in [1.165, 1.54) is 0 Å². The van der Waals surface area contributed by atoms with E-state index in [-0.39, 0.29) is 11.5 Å². The number of nitrogens with zero attached hydrogens (tertiary/aromatic N) is 7. The van der Waals surface area contributed by atoms with Crippen molar-refractivity contribution in [2.24, 2.45) is 0 Å². The molecule has 0 N–H and O–H groups in total. The lowest BCUT2D eigenvalue weighted by Crippen LogP contribution is -2.52. The Bertz CT molecular complexity index is 1520. The van der Waals surface area contributed by atoms with Gasteiger partial charge in [-0.05, 0) is 29.8 Å². The lowest BCUT2D eigenvalue weighted by atomic mass is 10.2. The minimum Gasteiger partial charge on any atom is -0.497 e. The van der Waals surface area contributed by atoms with Crippen molar-refractivity contribution in [2.45, 2.75) is 13.1 Å². The molecule has 2 fully saturated rings. The molecular formula is C28H33N7O4. The maximum Gasteiger partial charge on any atom is 0.263 e. The third-order valence-corrected chi connectivity index (χ3v) is 7.63. The number of piperazine rings is 1. The van der Waals surface area contributed by atoms with Gasteiger partial charge in [0.2, 0.25) is 11.7 Å². The molecule has 4 aromatic rings. The highest BCUT2D eigenvalue weighted by atomic mass is 16.5. The van der Waals surface area contributed by atoms with Crippen molar-refractivity contribution in [2.75, 3.05) is 66.1 Å². The molecule has 0 spiro atoms.